The molecule has 0 unspecified atom stereocenters. The second-order valence-electron chi connectivity index (χ2n) is 11.4. The molecular formula is C40H42IrN2-2. The Morgan fingerprint density at radius 3 is 1.98 bits per heavy atom. The Labute approximate surface area is 272 Å². The maximum absolute atomic E-state index is 4.56. The largest absolute Gasteiger partial charge is 0.305 e. The number of aryl methyl sites for hydroxylation is 2. The summed E-state index contributed by atoms with van der Waals surface area (Å²) in [6.45, 7) is 13.6. The number of aromatic nitrogens is 2. The van der Waals surface area contributed by atoms with Crippen molar-refractivity contribution in [2.24, 2.45) is 0 Å². The normalized spacial score (nSPS) is 13.9. The zero-order valence-electron chi connectivity index (χ0n) is 26.3. The van der Waals surface area contributed by atoms with Crippen molar-refractivity contribution in [3.63, 3.8) is 0 Å². The first kappa shape index (κ1) is 32.5. The Balaban J connectivity index is 0.000000238. The average molecular weight is 743 g/mol. The van der Waals surface area contributed by atoms with Gasteiger partial charge in [0.15, 0.2) is 0 Å². The Morgan fingerprint density at radius 2 is 1.33 bits per heavy atom. The van der Waals surface area contributed by atoms with Crippen LogP contribution in [0.3, 0.4) is 0 Å². The van der Waals surface area contributed by atoms with Crippen molar-refractivity contribution in [1.82, 2.24) is 9.97 Å². The van der Waals surface area contributed by atoms with E-state index < -0.39 is 0 Å². The summed E-state index contributed by atoms with van der Waals surface area (Å²) in [6, 6.07) is 38.6. The van der Waals surface area contributed by atoms with E-state index in [-0.39, 0.29) is 30.9 Å². The van der Waals surface area contributed by atoms with Crippen LogP contribution in [0.5, 0.6) is 0 Å². The van der Waals surface area contributed by atoms with E-state index >= 15 is 0 Å². The number of nitrogens with zero attached hydrogens (tertiary/aromatic N) is 2. The van der Waals surface area contributed by atoms with Gasteiger partial charge in [-0.1, -0.05) is 94.1 Å². The van der Waals surface area contributed by atoms with E-state index in [0.717, 1.165) is 53.9 Å². The van der Waals surface area contributed by atoms with Crippen molar-refractivity contribution >= 4 is 0 Å². The van der Waals surface area contributed by atoms with Crippen LogP contribution in [-0.2, 0) is 30.9 Å². The molecule has 1 radical (unpaired) electrons. The monoisotopic (exact) mass is 743 g/mol. The van der Waals surface area contributed by atoms with Crippen molar-refractivity contribution < 1.29 is 20.1 Å². The summed E-state index contributed by atoms with van der Waals surface area (Å²) in [5.74, 6) is 0. The third-order valence-corrected chi connectivity index (χ3v) is 9.67. The quantitative estimate of drug-likeness (QED) is 0.162. The van der Waals surface area contributed by atoms with Gasteiger partial charge in [0.1, 0.15) is 0 Å². The van der Waals surface area contributed by atoms with Crippen molar-refractivity contribution in [2.45, 2.75) is 78.1 Å². The summed E-state index contributed by atoms with van der Waals surface area (Å²) in [5, 5.41) is 0. The number of pyridine rings is 2. The van der Waals surface area contributed by atoms with Crippen LogP contribution in [0.1, 0.15) is 75.8 Å². The van der Waals surface area contributed by atoms with Gasteiger partial charge in [-0.05, 0) is 72.2 Å². The van der Waals surface area contributed by atoms with Gasteiger partial charge in [0.2, 0.25) is 0 Å². The van der Waals surface area contributed by atoms with Crippen LogP contribution in [0.15, 0.2) is 97.2 Å². The fraction of sp³-hybridized carbons (Fsp3) is 0.300. The summed E-state index contributed by atoms with van der Waals surface area (Å²) >= 11 is 0. The maximum Gasteiger partial charge on any atom is 0.0266 e. The minimum atomic E-state index is 0. The molecule has 2 heterocycles. The molecule has 0 N–H and O–H groups in total. The molecule has 0 spiro atoms. The van der Waals surface area contributed by atoms with E-state index in [9.17, 15) is 0 Å². The molecule has 0 bridgehead atoms. The first-order valence-electron chi connectivity index (χ1n) is 15.4. The summed E-state index contributed by atoms with van der Waals surface area (Å²) in [7, 11) is 0. The van der Waals surface area contributed by atoms with Gasteiger partial charge in [0.05, 0.1) is 0 Å². The van der Waals surface area contributed by atoms with Crippen LogP contribution in [-0.4, -0.2) is 9.97 Å². The maximum atomic E-state index is 4.56. The molecule has 5 aromatic rings. The van der Waals surface area contributed by atoms with E-state index in [1.807, 2.05) is 55.6 Å². The molecule has 3 aromatic carbocycles. The molecule has 0 atom stereocenters. The number of hydrogen-bond donors (Lipinski definition) is 0. The zero-order valence-corrected chi connectivity index (χ0v) is 28.7. The summed E-state index contributed by atoms with van der Waals surface area (Å²) < 4.78 is 0. The molecule has 0 saturated carbocycles. The predicted octanol–water partition coefficient (Wildman–Crippen LogP) is 10.5. The second kappa shape index (κ2) is 13.9. The Bertz CT molecular complexity index is 1630. The molecule has 3 heteroatoms. The Hall–Kier alpha value is -3.39. The standard InChI is InChI=1S/C27H30N.C13H12N.Ir/c1-5-26(6-2)23-14-10-9-13-21(23)22-19-20(25-15-11-12-18-28-25)16-17-24(22)27(26,7-3)8-4;1-10-8-9-11(2)14-13(10)12-6-4-3-5-7-12;/h9-15,17-19H,5-8H2,1-4H3;3-6,8-9H,1-2H3;/q2*-1;. The third-order valence-electron chi connectivity index (χ3n) is 9.67. The van der Waals surface area contributed by atoms with Crippen molar-refractivity contribution in [1.29, 1.82) is 0 Å². The van der Waals surface area contributed by atoms with Crippen LogP contribution in [0.2, 0.25) is 0 Å². The van der Waals surface area contributed by atoms with Crippen molar-refractivity contribution in [3.8, 4) is 33.6 Å². The first-order chi connectivity index (χ1) is 20.4. The summed E-state index contributed by atoms with van der Waals surface area (Å²) in [6.07, 6.45) is 6.46. The van der Waals surface area contributed by atoms with Crippen LogP contribution >= 0.6 is 0 Å². The molecule has 2 nitrogen and oxygen atoms in total. The Kier molecular flexibility index (Phi) is 10.5. The molecule has 0 aliphatic heterocycles. The summed E-state index contributed by atoms with van der Waals surface area (Å²) in [4.78, 5) is 9.07. The zero-order chi connectivity index (χ0) is 29.7. The van der Waals surface area contributed by atoms with E-state index in [4.69, 9.17) is 0 Å². The molecule has 223 valence electrons. The van der Waals surface area contributed by atoms with Gasteiger partial charge in [-0.25, -0.2) is 0 Å². The van der Waals surface area contributed by atoms with E-state index in [1.54, 1.807) is 0 Å². The second-order valence-corrected chi connectivity index (χ2v) is 11.4. The molecule has 1 aliphatic carbocycles. The average Bonchev–Trinajstić information content (AvgIpc) is 3.06. The topological polar surface area (TPSA) is 25.8 Å². The molecule has 0 fully saturated rings. The number of rotatable bonds is 6. The van der Waals surface area contributed by atoms with Gasteiger partial charge in [-0.15, -0.1) is 65.2 Å². The third kappa shape index (κ3) is 5.78. The fourth-order valence-electron chi connectivity index (χ4n) is 7.49. The number of fused-ring (bicyclic) bond motifs is 3. The molecule has 2 aromatic heterocycles. The van der Waals surface area contributed by atoms with Crippen LogP contribution < -0.4 is 0 Å². The molecule has 43 heavy (non-hydrogen) atoms. The smallest absolute Gasteiger partial charge is 0.0266 e. The fourth-order valence-corrected chi connectivity index (χ4v) is 7.49. The van der Waals surface area contributed by atoms with Gasteiger partial charge in [-0.2, -0.15) is 0 Å². The van der Waals surface area contributed by atoms with Crippen molar-refractivity contribution in [2.75, 3.05) is 0 Å². The van der Waals surface area contributed by atoms with Crippen LogP contribution in [0, 0.1) is 26.0 Å². The van der Waals surface area contributed by atoms with Crippen LogP contribution in [0.4, 0.5) is 0 Å². The molecule has 6 rings (SSSR count). The van der Waals surface area contributed by atoms with Gasteiger partial charge >= 0.3 is 0 Å². The predicted molar refractivity (Wildman–Crippen MR) is 176 cm³/mol. The number of hydrogen-bond acceptors (Lipinski definition) is 2. The molecule has 1 aliphatic rings. The summed E-state index contributed by atoms with van der Waals surface area (Å²) in [5.41, 5.74) is 12.5. The van der Waals surface area contributed by atoms with Gasteiger partial charge in [-0.3, -0.25) is 0 Å². The molecule has 0 saturated heterocycles. The number of benzene rings is 3. The van der Waals surface area contributed by atoms with Crippen molar-refractivity contribution in [3.05, 3.63) is 132 Å². The van der Waals surface area contributed by atoms with Gasteiger partial charge in [0, 0.05) is 32.0 Å². The van der Waals surface area contributed by atoms with E-state index in [0.29, 0.717) is 0 Å². The van der Waals surface area contributed by atoms with E-state index in [2.05, 4.69) is 105 Å². The van der Waals surface area contributed by atoms with Gasteiger partial charge < -0.3 is 9.97 Å². The SMILES string of the molecule is CCC1(CC)c2c[c-]c(-c3ccccn3)cc2-c2ccccc2C1(CC)CC.Cc1ccc(C)c(-c2[c-]cccc2)n1.[Ir]. The Morgan fingerprint density at radius 1 is 0.651 bits per heavy atom. The van der Waals surface area contributed by atoms with Gasteiger partial charge in [0.25, 0.3) is 0 Å². The van der Waals surface area contributed by atoms with Crippen LogP contribution in [0.25, 0.3) is 33.6 Å². The van der Waals surface area contributed by atoms with E-state index in [1.165, 1.54) is 27.8 Å². The first-order valence-corrected chi connectivity index (χ1v) is 15.4. The molecule has 0 amide bonds. The minimum absolute atomic E-state index is 0. The molecular weight excluding hydrogens is 701 g/mol. The minimum Gasteiger partial charge on any atom is -0.305 e.